The zero-order valence-corrected chi connectivity index (χ0v) is 15.6. The van der Waals surface area contributed by atoms with Crippen LogP contribution < -0.4 is 10.2 Å². The number of rotatable bonds is 5. The minimum Gasteiger partial charge on any atom is -0.325 e. The molecule has 0 heterocycles. The van der Waals surface area contributed by atoms with Gasteiger partial charge in [-0.1, -0.05) is 41.9 Å². The number of anilines is 2. The van der Waals surface area contributed by atoms with Crippen LogP contribution in [0.2, 0.25) is 0 Å². The highest BCUT2D eigenvalue weighted by molar-refractivity contribution is 9.10. The van der Waals surface area contributed by atoms with Crippen LogP contribution in [0.25, 0.3) is 0 Å². The molecule has 2 aromatic carbocycles. The standard InChI is InChI=1S/C19H21BrN2O2/c1-13(2)15-4-10-18(11-5-15)22(14(3)23)12-19(24)21-17-8-6-16(20)7-9-17/h4-11,13H,12H2,1-3H3,(H,21,24). The molecule has 0 aromatic heterocycles. The van der Waals surface area contributed by atoms with E-state index < -0.39 is 0 Å². The van der Waals surface area contributed by atoms with Gasteiger partial charge in [-0.25, -0.2) is 0 Å². The fraction of sp³-hybridized carbons (Fsp3) is 0.263. The van der Waals surface area contributed by atoms with Crippen molar-refractivity contribution in [3.8, 4) is 0 Å². The Labute approximate surface area is 151 Å². The van der Waals surface area contributed by atoms with Crippen molar-refractivity contribution in [1.82, 2.24) is 0 Å². The maximum atomic E-state index is 12.2. The van der Waals surface area contributed by atoms with E-state index in [-0.39, 0.29) is 18.4 Å². The first kappa shape index (κ1) is 18.2. The van der Waals surface area contributed by atoms with E-state index >= 15 is 0 Å². The van der Waals surface area contributed by atoms with Crippen LogP contribution in [-0.4, -0.2) is 18.4 Å². The predicted molar refractivity (Wildman–Crippen MR) is 101 cm³/mol. The number of halogens is 1. The third-order valence-electron chi connectivity index (χ3n) is 3.68. The van der Waals surface area contributed by atoms with Crippen LogP contribution in [0, 0.1) is 0 Å². The summed E-state index contributed by atoms with van der Waals surface area (Å²) in [5.74, 6) is 0.0178. The molecular weight excluding hydrogens is 368 g/mol. The Bertz CT molecular complexity index is 709. The van der Waals surface area contributed by atoms with E-state index in [9.17, 15) is 9.59 Å². The number of hydrogen-bond donors (Lipinski definition) is 1. The number of hydrogen-bond acceptors (Lipinski definition) is 2. The summed E-state index contributed by atoms with van der Waals surface area (Å²) in [6.45, 7) is 5.67. The summed E-state index contributed by atoms with van der Waals surface area (Å²) < 4.78 is 0.941. The summed E-state index contributed by atoms with van der Waals surface area (Å²) in [5.41, 5.74) is 2.61. The predicted octanol–water partition coefficient (Wildman–Crippen LogP) is 4.56. The smallest absolute Gasteiger partial charge is 0.244 e. The number of nitrogens with one attached hydrogen (secondary N) is 1. The molecule has 2 rings (SSSR count). The average molecular weight is 389 g/mol. The Kier molecular flexibility index (Phi) is 6.15. The molecule has 0 aliphatic rings. The Morgan fingerprint density at radius 2 is 1.62 bits per heavy atom. The van der Waals surface area contributed by atoms with E-state index in [1.54, 1.807) is 12.1 Å². The van der Waals surface area contributed by atoms with Crippen LogP contribution in [0.3, 0.4) is 0 Å². The second kappa shape index (κ2) is 8.11. The summed E-state index contributed by atoms with van der Waals surface area (Å²) in [6, 6.07) is 15.0. The van der Waals surface area contributed by atoms with Crippen molar-refractivity contribution in [1.29, 1.82) is 0 Å². The highest BCUT2D eigenvalue weighted by atomic mass is 79.9. The van der Waals surface area contributed by atoms with Crippen molar-refractivity contribution in [2.24, 2.45) is 0 Å². The van der Waals surface area contributed by atoms with Gasteiger partial charge >= 0.3 is 0 Å². The van der Waals surface area contributed by atoms with Crippen molar-refractivity contribution in [2.75, 3.05) is 16.8 Å². The average Bonchev–Trinajstić information content (AvgIpc) is 2.54. The Hall–Kier alpha value is -2.14. The van der Waals surface area contributed by atoms with E-state index in [0.717, 1.165) is 10.2 Å². The van der Waals surface area contributed by atoms with Crippen molar-refractivity contribution >= 4 is 39.1 Å². The molecule has 4 nitrogen and oxygen atoms in total. The van der Waals surface area contributed by atoms with Crippen molar-refractivity contribution in [2.45, 2.75) is 26.7 Å². The maximum Gasteiger partial charge on any atom is 0.244 e. The van der Waals surface area contributed by atoms with Gasteiger partial charge in [0.25, 0.3) is 0 Å². The van der Waals surface area contributed by atoms with Crippen LogP contribution in [-0.2, 0) is 9.59 Å². The van der Waals surface area contributed by atoms with Gasteiger partial charge in [0, 0.05) is 22.8 Å². The van der Waals surface area contributed by atoms with E-state index in [2.05, 4.69) is 35.1 Å². The number of benzene rings is 2. The third-order valence-corrected chi connectivity index (χ3v) is 4.21. The van der Waals surface area contributed by atoms with E-state index in [1.165, 1.54) is 17.4 Å². The van der Waals surface area contributed by atoms with Crippen LogP contribution in [0.15, 0.2) is 53.0 Å². The summed E-state index contributed by atoms with van der Waals surface area (Å²) >= 11 is 3.35. The van der Waals surface area contributed by atoms with Crippen LogP contribution in [0.1, 0.15) is 32.3 Å². The molecule has 5 heteroatoms. The number of amides is 2. The first-order chi connectivity index (χ1) is 11.4. The highest BCUT2D eigenvalue weighted by Gasteiger charge is 2.16. The van der Waals surface area contributed by atoms with Gasteiger partial charge in [0.15, 0.2) is 0 Å². The summed E-state index contributed by atoms with van der Waals surface area (Å²) in [6.07, 6.45) is 0. The minimum absolute atomic E-state index is 0.0214. The van der Waals surface area contributed by atoms with Gasteiger partial charge in [-0.15, -0.1) is 0 Å². The molecule has 0 radical (unpaired) electrons. The van der Waals surface area contributed by atoms with Gasteiger partial charge in [0.1, 0.15) is 6.54 Å². The zero-order valence-electron chi connectivity index (χ0n) is 14.0. The molecule has 2 amide bonds. The SMILES string of the molecule is CC(=O)N(CC(=O)Nc1ccc(Br)cc1)c1ccc(C(C)C)cc1. The molecule has 0 spiro atoms. The van der Waals surface area contributed by atoms with Gasteiger partial charge < -0.3 is 10.2 Å². The molecule has 1 N–H and O–H groups in total. The first-order valence-corrected chi connectivity index (χ1v) is 8.59. The molecule has 0 unspecified atom stereocenters. The molecule has 0 saturated heterocycles. The second-order valence-electron chi connectivity index (χ2n) is 5.91. The number of carbonyl (C=O) groups excluding carboxylic acids is 2. The third kappa shape index (κ3) is 4.93. The fourth-order valence-corrected chi connectivity index (χ4v) is 2.57. The van der Waals surface area contributed by atoms with Gasteiger partial charge in [0.05, 0.1) is 0 Å². The van der Waals surface area contributed by atoms with Crippen molar-refractivity contribution in [3.05, 3.63) is 58.6 Å². The highest BCUT2D eigenvalue weighted by Crippen LogP contribution is 2.20. The summed E-state index contributed by atoms with van der Waals surface area (Å²) in [5, 5.41) is 2.80. The zero-order chi connectivity index (χ0) is 17.7. The molecule has 0 bridgehead atoms. The summed E-state index contributed by atoms with van der Waals surface area (Å²) in [4.78, 5) is 25.7. The lowest BCUT2D eigenvalue weighted by atomic mass is 10.0. The van der Waals surface area contributed by atoms with Crippen molar-refractivity contribution < 1.29 is 9.59 Å². The lowest BCUT2D eigenvalue weighted by Crippen LogP contribution is -2.36. The van der Waals surface area contributed by atoms with Crippen LogP contribution in [0.5, 0.6) is 0 Å². The molecule has 2 aromatic rings. The molecule has 126 valence electrons. The van der Waals surface area contributed by atoms with E-state index in [0.29, 0.717) is 11.6 Å². The topological polar surface area (TPSA) is 49.4 Å². The Balaban J connectivity index is 2.08. The summed E-state index contributed by atoms with van der Waals surface area (Å²) in [7, 11) is 0. The number of nitrogens with zero attached hydrogens (tertiary/aromatic N) is 1. The molecule has 0 aliphatic carbocycles. The first-order valence-electron chi connectivity index (χ1n) is 7.80. The normalized spacial score (nSPS) is 10.5. The molecule has 0 fully saturated rings. The van der Waals surface area contributed by atoms with Gasteiger partial charge in [0.2, 0.25) is 11.8 Å². The molecule has 24 heavy (non-hydrogen) atoms. The van der Waals surface area contributed by atoms with Crippen molar-refractivity contribution in [3.63, 3.8) is 0 Å². The molecule has 0 aliphatic heterocycles. The fourth-order valence-electron chi connectivity index (χ4n) is 2.30. The minimum atomic E-state index is -0.236. The maximum absolute atomic E-state index is 12.2. The second-order valence-corrected chi connectivity index (χ2v) is 6.82. The quantitative estimate of drug-likeness (QED) is 0.815. The number of carbonyl (C=O) groups is 2. The van der Waals surface area contributed by atoms with Gasteiger partial charge in [-0.05, 0) is 47.9 Å². The van der Waals surface area contributed by atoms with Crippen LogP contribution >= 0.6 is 15.9 Å². The Morgan fingerprint density at radius 3 is 2.12 bits per heavy atom. The van der Waals surface area contributed by atoms with Crippen LogP contribution in [0.4, 0.5) is 11.4 Å². The Morgan fingerprint density at radius 1 is 1.04 bits per heavy atom. The lowest BCUT2D eigenvalue weighted by molar-refractivity contribution is -0.120. The molecular formula is C19H21BrN2O2. The van der Waals surface area contributed by atoms with E-state index in [4.69, 9.17) is 0 Å². The van der Waals surface area contributed by atoms with Gasteiger partial charge in [-0.3, -0.25) is 9.59 Å². The molecule has 0 atom stereocenters. The largest absolute Gasteiger partial charge is 0.325 e. The van der Waals surface area contributed by atoms with Gasteiger partial charge in [-0.2, -0.15) is 0 Å². The molecule has 0 saturated carbocycles. The van der Waals surface area contributed by atoms with E-state index in [1.807, 2.05) is 36.4 Å². The monoisotopic (exact) mass is 388 g/mol. The lowest BCUT2D eigenvalue weighted by Gasteiger charge is -2.21.